The average Bonchev–Trinajstić information content (AvgIpc) is 2.45. The zero-order valence-corrected chi connectivity index (χ0v) is 14.7. The second-order valence-electron chi connectivity index (χ2n) is 6.32. The van der Waals surface area contributed by atoms with Gasteiger partial charge in [0.25, 0.3) is 0 Å². The number of benzene rings is 1. The number of carbonyl (C=O) groups is 1. The summed E-state index contributed by atoms with van der Waals surface area (Å²) in [6.07, 6.45) is 0. The Labute approximate surface area is 138 Å². The summed E-state index contributed by atoms with van der Waals surface area (Å²) in [6.45, 7) is 9.14. The Morgan fingerprint density at radius 1 is 1.26 bits per heavy atom. The SMILES string of the molecule is CN=C(NCCOc1cccc(C)c1)NCC(=O)NC(C)(C)C. The van der Waals surface area contributed by atoms with Crippen LogP contribution in [-0.4, -0.2) is 44.1 Å². The molecule has 0 atom stereocenters. The van der Waals surface area contributed by atoms with Crippen LogP contribution in [0.15, 0.2) is 29.3 Å². The Hall–Kier alpha value is -2.24. The fourth-order valence-corrected chi connectivity index (χ4v) is 1.89. The Morgan fingerprint density at radius 2 is 2.00 bits per heavy atom. The molecule has 1 rings (SSSR count). The number of hydrogen-bond acceptors (Lipinski definition) is 3. The minimum Gasteiger partial charge on any atom is -0.492 e. The van der Waals surface area contributed by atoms with Crippen LogP contribution in [0.1, 0.15) is 26.3 Å². The molecule has 1 aromatic rings. The van der Waals surface area contributed by atoms with Crippen molar-refractivity contribution in [2.45, 2.75) is 33.2 Å². The minimum atomic E-state index is -0.239. The number of nitrogens with zero attached hydrogens (tertiary/aromatic N) is 1. The second-order valence-corrected chi connectivity index (χ2v) is 6.32. The van der Waals surface area contributed by atoms with Crippen LogP contribution in [0.2, 0.25) is 0 Å². The van der Waals surface area contributed by atoms with E-state index in [9.17, 15) is 4.79 Å². The molecule has 1 aromatic carbocycles. The molecule has 23 heavy (non-hydrogen) atoms. The normalized spacial score (nSPS) is 11.8. The van der Waals surface area contributed by atoms with E-state index in [1.165, 1.54) is 0 Å². The van der Waals surface area contributed by atoms with Crippen LogP contribution in [0, 0.1) is 6.92 Å². The van der Waals surface area contributed by atoms with E-state index < -0.39 is 0 Å². The molecule has 1 amide bonds. The Bertz CT molecular complexity index is 536. The quantitative estimate of drug-likeness (QED) is 0.421. The van der Waals surface area contributed by atoms with Crippen LogP contribution in [0.4, 0.5) is 0 Å². The zero-order valence-electron chi connectivity index (χ0n) is 14.7. The first-order chi connectivity index (χ1) is 10.8. The number of nitrogens with one attached hydrogen (secondary N) is 3. The molecule has 0 heterocycles. The molecule has 0 saturated heterocycles. The molecule has 0 saturated carbocycles. The zero-order chi connectivity index (χ0) is 17.3. The molecular weight excluding hydrogens is 292 g/mol. The third kappa shape index (κ3) is 8.70. The van der Waals surface area contributed by atoms with Gasteiger partial charge in [0, 0.05) is 12.6 Å². The summed E-state index contributed by atoms with van der Waals surface area (Å²) in [4.78, 5) is 15.8. The van der Waals surface area contributed by atoms with E-state index in [0.717, 1.165) is 11.3 Å². The summed E-state index contributed by atoms with van der Waals surface area (Å²) in [7, 11) is 1.67. The summed E-state index contributed by atoms with van der Waals surface area (Å²) >= 11 is 0. The summed E-state index contributed by atoms with van der Waals surface area (Å²) in [6, 6.07) is 7.91. The maximum atomic E-state index is 11.7. The molecule has 6 heteroatoms. The lowest BCUT2D eigenvalue weighted by Gasteiger charge is -2.21. The second kappa shape index (κ2) is 9.02. The van der Waals surface area contributed by atoms with Crippen LogP contribution in [0.5, 0.6) is 5.75 Å². The van der Waals surface area contributed by atoms with Crippen LogP contribution in [-0.2, 0) is 4.79 Å². The van der Waals surface area contributed by atoms with Crippen molar-refractivity contribution in [2.75, 3.05) is 26.7 Å². The van der Waals surface area contributed by atoms with Crippen molar-refractivity contribution >= 4 is 11.9 Å². The predicted molar refractivity (Wildman–Crippen MR) is 93.9 cm³/mol. The first-order valence-corrected chi connectivity index (χ1v) is 7.75. The molecule has 0 fully saturated rings. The highest BCUT2D eigenvalue weighted by Crippen LogP contribution is 2.11. The van der Waals surface area contributed by atoms with E-state index >= 15 is 0 Å². The number of amides is 1. The highest BCUT2D eigenvalue weighted by atomic mass is 16.5. The highest BCUT2D eigenvalue weighted by molar-refractivity contribution is 5.86. The molecule has 0 bridgehead atoms. The summed E-state index contributed by atoms with van der Waals surface area (Å²) in [5.41, 5.74) is 0.926. The Balaban J connectivity index is 2.25. The fraction of sp³-hybridized carbons (Fsp3) is 0.529. The molecule has 0 aliphatic carbocycles. The molecule has 0 radical (unpaired) electrons. The van der Waals surface area contributed by atoms with E-state index in [4.69, 9.17) is 4.74 Å². The van der Waals surface area contributed by atoms with Gasteiger partial charge in [-0.05, 0) is 45.4 Å². The maximum Gasteiger partial charge on any atom is 0.239 e. The monoisotopic (exact) mass is 320 g/mol. The molecule has 6 nitrogen and oxygen atoms in total. The van der Waals surface area contributed by atoms with E-state index in [-0.39, 0.29) is 18.0 Å². The van der Waals surface area contributed by atoms with Gasteiger partial charge >= 0.3 is 0 Å². The molecular formula is C17H28N4O2. The van der Waals surface area contributed by atoms with Crippen molar-refractivity contribution in [1.29, 1.82) is 0 Å². The van der Waals surface area contributed by atoms with Crippen molar-refractivity contribution in [3.8, 4) is 5.75 Å². The first kappa shape index (κ1) is 18.8. The van der Waals surface area contributed by atoms with Crippen molar-refractivity contribution < 1.29 is 9.53 Å². The van der Waals surface area contributed by atoms with Gasteiger partial charge < -0.3 is 20.7 Å². The van der Waals surface area contributed by atoms with Crippen molar-refractivity contribution in [2.24, 2.45) is 4.99 Å². The van der Waals surface area contributed by atoms with E-state index in [0.29, 0.717) is 19.1 Å². The number of ether oxygens (including phenoxy) is 1. The van der Waals surface area contributed by atoms with Gasteiger partial charge in [-0.15, -0.1) is 0 Å². The lowest BCUT2D eigenvalue weighted by Crippen LogP contribution is -2.48. The van der Waals surface area contributed by atoms with Gasteiger partial charge in [0.15, 0.2) is 5.96 Å². The number of aliphatic imine (C=N–C) groups is 1. The summed E-state index contributed by atoms with van der Waals surface area (Å²) in [5, 5.41) is 8.96. The lowest BCUT2D eigenvalue weighted by atomic mass is 10.1. The Kier molecular flexibility index (Phi) is 7.38. The van der Waals surface area contributed by atoms with Gasteiger partial charge in [-0.25, -0.2) is 0 Å². The number of guanidine groups is 1. The smallest absolute Gasteiger partial charge is 0.239 e. The van der Waals surface area contributed by atoms with Gasteiger partial charge in [0.2, 0.25) is 5.91 Å². The van der Waals surface area contributed by atoms with Crippen molar-refractivity contribution in [1.82, 2.24) is 16.0 Å². The van der Waals surface area contributed by atoms with E-state index in [2.05, 4.69) is 20.9 Å². The summed E-state index contributed by atoms with van der Waals surface area (Å²) < 4.78 is 5.65. The van der Waals surface area contributed by atoms with Gasteiger partial charge in [0.1, 0.15) is 12.4 Å². The van der Waals surface area contributed by atoms with Gasteiger partial charge in [-0.2, -0.15) is 0 Å². The minimum absolute atomic E-state index is 0.0727. The highest BCUT2D eigenvalue weighted by Gasteiger charge is 2.13. The van der Waals surface area contributed by atoms with Crippen LogP contribution < -0.4 is 20.7 Å². The molecule has 0 aliphatic rings. The van der Waals surface area contributed by atoms with Crippen LogP contribution >= 0.6 is 0 Å². The largest absolute Gasteiger partial charge is 0.492 e. The molecule has 128 valence electrons. The van der Waals surface area contributed by atoms with Crippen LogP contribution in [0.25, 0.3) is 0 Å². The Morgan fingerprint density at radius 3 is 2.61 bits per heavy atom. The first-order valence-electron chi connectivity index (χ1n) is 7.75. The number of carbonyl (C=O) groups excluding carboxylic acids is 1. The average molecular weight is 320 g/mol. The predicted octanol–water partition coefficient (Wildman–Crippen LogP) is 1.45. The molecule has 0 aromatic heterocycles. The van der Waals surface area contributed by atoms with E-state index in [1.807, 2.05) is 52.0 Å². The van der Waals surface area contributed by atoms with Gasteiger partial charge in [-0.1, -0.05) is 12.1 Å². The van der Waals surface area contributed by atoms with Crippen molar-refractivity contribution in [3.05, 3.63) is 29.8 Å². The summed E-state index contributed by atoms with van der Waals surface area (Å²) in [5.74, 6) is 1.35. The fourth-order valence-electron chi connectivity index (χ4n) is 1.89. The molecule has 0 unspecified atom stereocenters. The van der Waals surface area contributed by atoms with Crippen molar-refractivity contribution in [3.63, 3.8) is 0 Å². The molecule has 0 spiro atoms. The number of aryl methyl sites for hydroxylation is 1. The van der Waals surface area contributed by atoms with Gasteiger partial charge in [0.05, 0.1) is 13.1 Å². The van der Waals surface area contributed by atoms with Crippen LogP contribution in [0.3, 0.4) is 0 Å². The maximum absolute atomic E-state index is 11.7. The lowest BCUT2D eigenvalue weighted by molar-refractivity contribution is -0.121. The topological polar surface area (TPSA) is 74.8 Å². The molecule has 0 aliphatic heterocycles. The molecule has 3 N–H and O–H groups in total. The van der Waals surface area contributed by atoms with E-state index in [1.54, 1.807) is 7.05 Å². The third-order valence-electron chi connectivity index (χ3n) is 2.81. The van der Waals surface area contributed by atoms with Gasteiger partial charge in [-0.3, -0.25) is 9.79 Å². The standard InChI is InChI=1S/C17H28N4O2/c1-13-7-6-8-14(11-13)23-10-9-19-16(18-5)20-12-15(22)21-17(2,3)4/h6-8,11H,9-10,12H2,1-5H3,(H,21,22)(H2,18,19,20). The number of rotatable bonds is 6. The third-order valence-corrected chi connectivity index (χ3v) is 2.81. The number of hydrogen-bond donors (Lipinski definition) is 3.